The Morgan fingerprint density at radius 3 is 1.69 bits per heavy atom. The molecule has 0 heterocycles. The molecule has 0 fully saturated rings. The molecule has 4 nitrogen and oxygen atoms in total. The van der Waals surface area contributed by atoms with Crippen molar-refractivity contribution in [1.82, 2.24) is 0 Å². The molecule has 0 aromatic carbocycles. The average Bonchev–Trinajstić information content (AvgIpc) is 2.04. The molecule has 0 aromatic rings. The molecule has 0 N–H and O–H groups in total. The molecule has 0 atom stereocenters. The van der Waals surface area contributed by atoms with Crippen LogP contribution < -0.4 is 0 Å². The summed E-state index contributed by atoms with van der Waals surface area (Å²) in [6.07, 6.45) is 0.820. The van der Waals surface area contributed by atoms with E-state index in [-0.39, 0.29) is 17.9 Å². The van der Waals surface area contributed by atoms with Crippen molar-refractivity contribution in [3.8, 4) is 0 Å². The summed E-state index contributed by atoms with van der Waals surface area (Å²) in [6.45, 7) is 5.31. The number of esters is 2. The van der Waals surface area contributed by atoms with Crippen molar-refractivity contribution < 1.29 is 19.1 Å². The fraction of sp³-hybridized carbons (Fsp3) is 0.778. The van der Waals surface area contributed by atoms with E-state index in [1.54, 1.807) is 0 Å². The fourth-order valence-corrected chi connectivity index (χ4v) is 0.754. The maximum absolute atomic E-state index is 10.5. The second kappa shape index (κ2) is 6.46. The third-order valence-electron chi connectivity index (χ3n) is 1.62. The Morgan fingerprint density at radius 1 is 1.08 bits per heavy atom. The van der Waals surface area contributed by atoms with Gasteiger partial charge >= 0.3 is 11.9 Å². The van der Waals surface area contributed by atoms with E-state index >= 15 is 0 Å². The van der Waals surface area contributed by atoms with Gasteiger partial charge in [0.1, 0.15) is 0 Å². The first-order chi connectivity index (χ1) is 6.06. The van der Waals surface area contributed by atoms with Crippen molar-refractivity contribution in [3.63, 3.8) is 0 Å². The number of rotatable bonds is 5. The van der Waals surface area contributed by atoms with E-state index < -0.39 is 0 Å². The molecular weight excluding hydrogens is 172 g/mol. The van der Waals surface area contributed by atoms with E-state index in [0.29, 0.717) is 13.2 Å². The molecule has 0 aromatic heterocycles. The monoisotopic (exact) mass is 188 g/mol. The maximum atomic E-state index is 10.5. The first-order valence-corrected chi connectivity index (χ1v) is 4.33. The van der Waals surface area contributed by atoms with Crippen LogP contribution in [0.25, 0.3) is 0 Å². The second-order valence-corrected chi connectivity index (χ2v) is 2.88. The molecule has 0 saturated heterocycles. The van der Waals surface area contributed by atoms with Crippen LogP contribution in [0, 0.1) is 5.92 Å². The van der Waals surface area contributed by atoms with E-state index in [0.717, 1.165) is 6.42 Å². The molecule has 0 unspecified atom stereocenters. The number of ether oxygens (including phenoxy) is 2. The zero-order valence-corrected chi connectivity index (χ0v) is 8.33. The fourth-order valence-electron chi connectivity index (χ4n) is 0.754. The van der Waals surface area contributed by atoms with Gasteiger partial charge in [-0.05, 0) is 6.42 Å². The zero-order valence-electron chi connectivity index (χ0n) is 8.33. The molecule has 0 spiro atoms. The molecule has 0 aliphatic heterocycles. The Balaban J connectivity index is 3.63. The van der Waals surface area contributed by atoms with Crippen LogP contribution in [0.2, 0.25) is 0 Å². The number of carbonyl (C=O) groups is 2. The van der Waals surface area contributed by atoms with Crippen molar-refractivity contribution in [2.75, 3.05) is 13.2 Å². The predicted molar refractivity (Wildman–Crippen MR) is 47.0 cm³/mol. The minimum atomic E-state index is -0.304. The van der Waals surface area contributed by atoms with Crippen LogP contribution in [-0.2, 0) is 19.1 Å². The summed E-state index contributed by atoms with van der Waals surface area (Å²) in [6, 6.07) is 0. The molecule has 0 aliphatic carbocycles. The highest BCUT2D eigenvalue weighted by Gasteiger charge is 2.09. The lowest BCUT2D eigenvalue weighted by Gasteiger charge is -2.13. The standard InChI is InChI=1S/C9H16O4/c1-4-9(5-12-7(2)10)6-13-8(3)11/h9H,4-6H2,1-3H3. The average molecular weight is 188 g/mol. The molecule has 13 heavy (non-hydrogen) atoms. The highest BCUT2D eigenvalue weighted by Crippen LogP contribution is 2.04. The van der Waals surface area contributed by atoms with Crippen molar-refractivity contribution in [2.24, 2.45) is 5.92 Å². The predicted octanol–water partition coefficient (Wildman–Crippen LogP) is 1.14. The number of hydrogen-bond donors (Lipinski definition) is 0. The molecular formula is C9H16O4. The van der Waals surface area contributed by atoms with E-state index in [1.165, 1.54) is 13.8 Å². The third kappa shape index (κ3) is 7.31. The van der Waals surface area contributed by atoms with E-state index in [9.17, 15) is 9.59 Å². The van der Waals surface area contributed by atoms with Crippen LogP contribution in [0.5, 0.6) is 0 Å². The molecule has 76 valence electrons. The molecule has 0 rings (SSSR count). The van der Waals surface area contributed by atoms with Crippen LogP contribution in [0.3, 0.4) is 0 Å². The Morgan fingerprint density at radius 2 is 1.46 bits per heavy atom. The highest BCUT2D eigenvalue weighted by atomic mass is 16.5. The van der Waals surface area contributed by atoms with Gasteiger partial charge in [0.15, 0.2) is 0 Å². The van der Waals surface area contributed by atoms with Crippen LogP contribution in [0.4, 0.5) is 0 Å². The number of carbonyl (C=O) groups excluding carboxylic acids is 2. The third-order valence-corrected chi connectivity index (χ3v) is 1.62. The summed E-state index contributed by atoms with van der Waals surface area (Å²) in [5.41, 5.74) is 0. The van der Waals surface area contributed by atoms with E-state index in [4.69, 9.17) is 9.47 Å². The largest absolute Gasteiger partial charge is 0.465 e. The van der Waals surface area contributed by atoms with Gasteiger partial charge in [-0.2, -0.15) is 0 Å². The number of hydrogen-bond acceptors (Lipinski definition) is 4. The summed E-state index contributed by atoms with van der Waals surface area (Å²) in [4.78, 5) is 20.9. The molecule has 0 aliphatic rings. The Bertz CT molecular complexity index is 158. The second-order valence-electron chi connectivity index (χ2n) is 2.88. The summed E-state index contributed by atoms with van der Waals surface area (Å²) in [5, 5.41) is 0. The van der Waals surface area contributed by atoms with E-state index in [1.807, 2.05) is 6.92 Å². The summed E-state index contributed by atoms with van der Waals surface area (Å²) < 4.78 is 9.59. The molecule has 0 radical (unpaired) electrons. The summed E-state index contributed by atoms with van der Waals surface area (Å²) >= 11 is 0. The van der Waals surface area contributed by atoms with Crippen LogP contribution in [-0.4, -0.2) is 25.2 Å². The van der Waals surface area contributed by atoms with E-state index in [2.05, 4.69) is 0 Å². The zero-order chi connectivity index (χ0) is 10.3. The molecule has 0 amide bonds. The van der Waals surface area contributed by atoms with Gasteiger partial charge in [0.25, 0.3) is 0 Å². The van der Waals surface area contributed by atoms with Crippen molar-refractivity contribution in [3.05, 3.63) is 0 Å². The normalized spacial score (nSPS) is 9.85. The quantitative estimate of drug-likeness (QED) is 0.607. The van der Waals surface area contributed by atoms with Gasteiger partial charge in [-0.1, -0.05) is 6.92 Å². The first-order valence-electron chi connectivity index (χ1n) is 4.33. The van der Waals surface area contributed by atoms with Gasteiger partial charge in [-0.25, -0.2) is 0 Å². The molecule has 0 bridgehead atoms. The lowest BCUT2D eigenvalue weighted by molar-refractivity contribution is -0.146. The Hall–Kier alpha value is -1.06. The van der Waals surface area contributed by atoms with Gasteiger partial charge < -0.3 is 9.47 Å². The first kappa shape index (κ1) is 11.9. The van der Waals surface area contributed by atoms with Crippen molar-refractivity contribution in [2.45, 2.75) is 27.2 Å². The summed E-state index contributed by atoms with van der Waals surface area (Å²) in [5.74, 6) is -0.504. The maximum Gasteiger partial charge on any atom is 0.302 e. The molecule has 4 heteroatoms. The SMILES string of the molecule is CCC(COC(C)=O)COC(C)=O. The summed E-state index contributed by atoms with van der Waals surface area (Å²) in [7, 11) is 0. The van der Waals surface area contributed by atoms with Crippen LogP contribution in [0.15, 0.2) is 0 Å². The smallest absolute Gasteiger partial charge is 0.302 e. The minimum absolute atomic E-state index is 0.104. The minimum Gasteiger partial charge on any atom is -0.465 e. The van der Waals surface area contributed by atoms with Crippen molar-refractivity contribution in [1.29, 1.82) is 0 Å². The van der Waals surface area contributed by atoms with Crippen molar-refractivity contribution >= 4 is 11.9 Å². The lowest BCUT2D eigenvalue weighted by Crippen LogP contribution is -2.18. The van der Waals surface area contributed by atoms with Crippen LogP contribution >= 0.6 is 0 Å². The lowest BCUT2D eigenvalue weighted by atomic mass is 10.1. The Labute approximate surface area is 78.2 Å². The van der Waals surface area contributed by atoms with Gasteiger partial charge in [-0.3, -0.25) is 9.59 Å². The van der Waals surface area contributed by atoms with Gasteiger partial charge in [0, 0.05) is 19.8 Å². The highest BCUT2D eigenvalue weighted by molar-refractivity contribution is 5.66. The van der Waals surface area contributed by atoms with Gasteiger partial charge in [0.05, 0.1) is 13.2 Å². The van der Waals surface area contributed by atoms with Gasteiger partial charge in [0.2, 0.25) is 0 Å². The Kier molecular flexibility index (Phi) is 5.93. The van der Waals surface area contributed by atoms with Gasteiger partial charge in [-0.15, -0.1) is 0 Å². The molecule has 0 saturated carbocycles. The van der Waals surface area contributed by atoms with Crippen LogP contribution in [0.1, 0.15) is 27.2 Å². The topological polar surface area (TPSA) is 52.6 Å².